The molecule has 0 bridgehead atoms. The van der Waals surface area contributed by atoms with Crippen LogP contribution in [0.1, 0.15) is 30.1 Å². The van der Waals surface area contributed by atoms with E-state index < -0.39 is 5.97 Å². The van der Waals surface area contributed by atoms with Crippen molar-refractivity contribution in [3.8, 4) is 5.88 Å². The number of pyridine rings is 1. The van der Waals surface area contributed by atoms with Crippen molar-refractivity contribution in [2.45, 2.75) is 19.8 Å². The lowest BCUT2D eigenvalue weighted by atomic mass is 10.1. The number of rotatable bonds is 5. The molecular weight excluding hydrogens is 230 g/mol. The zero-order chi connectivity index (χ0) is 13.0. The molecule has 4 nitrogen and oxygen atoms in total. The lowest BCUT2D eigenvalue weighted by Gasteiger charge is -2.09. The first kappa shape index (κ1) is 12.4. The average Bonchev–Trinajstić information content (AvgIpc) is 2.38. The minimum Gasteiger partial charge on any atom is -0.478 e. The molecule has 0 radical (unpaired) electrons. The molecule has 0 saturated heterocycles. The number of fused-ring (bicyclic) bond motifs is 1. The van der Waals surface area contributed by atoms with Gasteiger partial charge in [-0.2, -0.15) is 0 Å². The van der Waals surface area contributed by atoms with Gasteiger partial charge in [-0.3, -0.25) is 0 Å². The second kappa shape index (κ2) is 5.49. The fraction of sp³-hybridized carbons (Fsp3) is 0.286. The lowest BCUT2D eigenvalue weighted by molar-refractivity contribution is 0.0698. The number of aromatic nitrogens is 1. The smallest absolute Gasteiger partial charge is 0.337 e. The molecule has 0 spiro atoms. The van der Waals surface area contributed by atoms with Crippen LogP contribution in [0.4, 0.5) is 0 Å². The molecular formula is C14H15NO3. The molecule has 94 valence electrons. The molecule has 0 atom stereocenters. The molecule has 18 heavy (non-hydrogen) atoms. The second-order valence-corrected chi connectivity index (χ2v) is 4.03. The van der Waals surface area contributed by atoms with E-state index in [1.807, 2.05) is 18.2 Å². The predicted molar refractivity (Wildman–Crippen MR) is 69.1 cm³/mol. The topological polar surface area (TPSA) is 59.4 Å². The van der Waals surface area contributed by atoms with Gasteiger partial charge < -0.3 is 9.84 Å². The standard InChI is InChI=1S/C14H15NO3/c1-2-3-8-18-13-11-7-5-4-6-10(11)12(9-15-13)14(16)17/h4-7,9H,2-3,8H2,1H3,(H,16,17). The number of hydrogen-bond donors (Lipinski definition) is 1. The summed E-state index contributed by atoms with van der Waals surface area (Å²) in [6.45, 7) is 2.68. The third kappa shape index (κ3) is 2.42. The van der Waals surface area contributed by atoms with Crippen molar-refractivity contribution >= 4 is 16.7 Å². The zero-order valence-corrected chi connectivity index (χ0v) is 10.2. The maximum Gasteiger partial charge on any atom is 0.337 e. The summed E-state index contributed by atoms with van der Waals surface area (Å²) in [5, 5.41) is 10.5. The van der Waals surface area contributed by atoms with Crippen molar-refractivity contribution < 1.29 is 14.6 Å². The van der Waals surface area contributed by atoms with Crippen molar-refractivity contribution in [3.05, 3.63) is 36.0 Å². The van der Waals surface area contributed by atoms with Gasteiger partial charge in [-0.1, -0.05) is 31.5 Å². The maximum atomic E-state index is 11.1. The molecule has 0 amide bonds. The Bertz CT molecular complexity index is 566. The van der Waals surface area contributed by atoms with E-state index in [1.54, 1.807) is 6.07 Å². The molecule has 0 fully saturated rings. The number of carbonyl (C=O) groups is 1. The first-order valence-electron chi connectivity index (χ1n) is 5.98. The molecule has 0 aliphatic rings. The molecule has 1 aromatic heterocycles. The van der Waals surface area contributed by atoms with E-state index in [9.17, 15) is 4.79 Å². The highest BCUT2D eigenvalue weighted by atomic mass is 16.5. The second-order valence-electron chi connectivity index (χ2n) is 4.03. The van der Waals surface area contributed by atoms with Gasteiger partial charge in [-0.25, -0.2) is 9.78 Å². The first-order chi connectivity index (χ1) is 8.74. The maximum absolute atomic E-state index is 11.1. The molecule has 0 aliphatic carbocycles. The molecule has 4 heteroatoms. The summed E-state index contributed by atoms with van der Waals surface area (Å²) in [6.07, 6.45) is 3.35. The van der Waals surface area contributed by atoms with E-state index in [0.717, 1.165) is 18.2 Å². The number of benzene rings is 1. The van der Waals surface area contributed by atoms with Crippen LogP contribution in [0.15, 0.2) is 30.5 Å². The van der Waals surface area contributed by atoms with Gasteiger partial charge in [0.05, 0.1) is 12.2 Å². The third-order valence-electron chi connectivity index (χ3n) is 2.73. The zero-order valence-electron chi connectivity index (χ0n) is 10.2. The Morgan fingerprint density at radius 3 is 2.72 bits per heavy atom. The summed E-state index contributed by atoms with van der Waals surface area (Å²) in [4.78, 5) is 15.2. The molecule has 1 N–H and O–H groups in total. The fourth-order valence-corrected chi connectivity index (χ4v) is 1.77. The molecule has 2 aromatic rings. The Hall–Kier alpha value is -2.10. The van der Waals surface area contributed by atoms with E-state index in [2.05, 4.69) is 11.9 Å². The molecule has 0 unspecified atom stereocenters. The van der Waals surface area contributed by atoms with Crippen LogP contribution in [0.2, 0.25) is 0 Å². The lowest BCUT2D eigenvalue weighted by Crippen LogP contribution is -2.03. The van der Waals surface area contributed by atoms with Crippen LogP contribution in [0.25, 0.3) is 10.8 Å². The van der Waals surface area contributed by atoms with Crippen LogP contribution in [0, 0.1) is 0 Å². The van der Waals surface area contributed by atoms with Crippen molar-refractivity contribution in [1.82, 2.24) is 4.98 Å². The number of ether oxygens (including phenoxy) is 1. The van der Waals surface area contributed by atoms with Gasteiger partial charge in [0.2, 0.25) is 5.88 Å². The molecule has 1 heterocycles. The highest BCUT2D eigenvalue weighted by Crippen LogP contribution is 2.26. The quantitative estimate of drug-likeness (QED) is 0.822. The highest BCUT2D eigenvalue weighted by molar-refractivity contribution is 6.04. The average molecular weight is 245 g/mol. The van der Waals surface area contributed by atoms with Crippen LogP contribution in [-0.4, -0.2) is 22.7 Å². The summed E-state index contributed by atoms with van der Waals surface area (Å²) in [6, 6.07) is 7.26. The van der Waals surface area contributed by atoms with Crippen LogP contribution < -0.4 is 4.74 Å². The van der Waals surface area contributed by atoms with E-state index in [0.29, 0.717) is 17.9 Å². The Morgan fingerprint density at radius 1 is 1.33 bits per heavy atom. The van der Waals surface area contributed by atoms with E-state index in [1.165, 1.54) is 6.20 Å². The van der Waals surface area contributed by atoms with Crippen LogP contribution in [-0.2, 0) is 0 Å². The van der Waals surface area contributed by atoms with E-state index >= 15 is 0 Å². The van der Waals surface area contributed by atoms with E-state index in [4.69, 9.17) is 9.84 Å². The minimum atomic E-state index is -0.973. The molecule has 1 aromatic carbocycles. The Morgan fingerprint density at radius 2 is 2.06 bits per heavy atom. The number of hydrogen-bond acceptors (Lipinski definition) is 3. The fourth-order valence-electron chi connectivity index (χ4n) is 1.77. The van der Waals surface area contributed by atoms with Crippen LogP contribution in [0.3, 0.4) is 0 Å². The third-order valence-corrected chi connectivity index (χ3v) is 2.73. The van der Waals surface area contributed by atoms with E-state index in [-0.39, 0.29) is 5.56 Å². The van der Waals surface area contributed by atoms with Gasteiger partial charge in [0, 0.05) is 17.0 Å². The predicted octanol–water partition coefficient (Wildman–Crippen LogP) is 3.11. The van der Waals surface area contributed by atoms with Crippen molar-refractivity contribution in [2.75, 3.05) is 6.61 Å². The normalized spacial score (nSPS) is 10.5. The summed E-state index contributed by atoms with van der Waals surface area (Å²) in [5.74, 6) is -0.470. The number of carboxylic acids is 1. The van der Waals surface area contributed by atoms with Gasteiger partial charge >= 0.3 is 5.97 Å². The van der Waals surface area contributed by atoms with Gasteiger partial charge in [0.1, 0.15) is 0 Å². The number of nitrogens with zero attached hydrogens (tertiary/aromatic N) is 1. The van der Waals surface area contributed by atoms with Crippen molar-refractivity contribution in [2.24, 2.45) is 0 Å². The van der Waals surface area contributed by atoms with Gasteiger partial charge in [-0.15, -0.1) is 0 Å². The molecule has 0 aliphatic heterocycles. The van der Waals surface area contributed by atoms with Gasteiger partial charge in [0.15, 0.2) is 0 Å². The van der Waals surface area contributed by atoms with Crippen molar-refractivity contribution in [1.29, 1.82) is 0 Å². The largest absolute Gasteiger partial charge is 0.478 e. The Labute approximate surface area is 105 Å². The van der Waals surface area contributed by atoms with Crippen LogP contribution in [0.5, 0.6) is 5.88 Å². The van der Waals surface area contributed by atoms with Crippen molar-refractivity contribution in [3.63, 3.8) is 0 Å². The number of aromatic carboxylic acids is 1. The SMILES string of the molecule is CCCCOc1ncc(C(=O)O)c2ccccc12. The first-order valence-corrected chi connectivity index (χ1v) is 5.98. The van der Waals surface area contributed by atoms with Gasteiger partial charge in [0.25, 0.3) is 0 Å². The monoisotopic (exact) mass is 245 g/mol. The molecule has 2 rings (SSSR count). The number of carboxylic acid groups (broad SMARTS) is 1. The summed E-state index contributed by atoms with van der Waals surface area (Å²) >= 11 is 0. The van der Waals surface area contributed by atoms with Crippen LogP contribution >= 0.6 is 0 Å². The Kier molecular flexibility index (Phi) is 3.77. The number of unbranched alkanes of at least 4 members (excludes halogenated alkanes) is 1. The summed E-state index contributed by atoms with van der Waals surface area (Å²) < 4.78 is 5.59. The highest BCUT2D eigenvalue weighted by Gasteiger charge is 2.12. The summed E-state index contributed by atoms with van der Waals surface area (Å²) in [5.41, 5.74) is 0.202. The molecule has 0 saturated carbocycles. The van der Waals surface area contributed by atoms with Gasteiger partial charge in [-0.05, 0) is 12.5 Å². The Balaban J connectivity index is 2.44. The minimum absolute atomic E-state index is 0.202. The summed E-state index contributed by atoms with van der Waals surface area (Å²) in [7, 11) is 0.